The van der Waals surface area contributed by atoms with Gasteiger partial charge in [0.05, 0.1) is 11.8 Å². The van der Waals surface area contributed by atoms with E-state index >= 15 is 0 Å². The Morgan fingerprint density at radius 1 is 0.733 bits per heavy atom. The molecule has 0 saturated carbocycles. The number of halogens is 1. The van der Waals surface area contributed by atoms with E-state index in [1.165, 1.54) is 18.4 Å². The average Bonchev–Trinajstić information content (AvgIpc) is 3.31. The van der Waals surface area contributed by atoms with Gasteiger partial charge in [-0.15, -0.1) is 0 Å². The molecule has 0 radical (unpaired) electrons. The van der Waals surface area contributed by atoms with Crippen molar-refractivity contribution in [2.75, 3.05) is 10.6 Å². The molecule has 2 N–H and O–H groups in total. The normalized spacial score (nSPS) is 10.4. The van der Waals surface area contributed by atoms with Crippen molar-refractivity contribution in [2.45, 2.75) is 0 Å². The molecule has 0 bridgehead atoms. The van der Waals surface area contributed by atoms with E-state index in [0.29, 0.717) is 16.9 Å². The van der Waals surface area contributed by atoms with Gasteiger partial charge in [0, 0.05) is 11.4 Å². The lowest BCUT2D eigenvalue weighted by Crippen LogP contribution is -2.14. The molecule has 1 heterocycles. The number of carbonyl (C=O) groups is 2. The van der Waals surface area contributed by atoms with Gasteiger partial charge in [-0.3, -0.25) is 9.59 Å². The van der Waals surface area contributed by atoms with Crippen LogP contribution in [0.2, 0.25) is 0 Å². The number of anilines is 2. The SMILES string of the molecule is O=C(Nc1ccc(NC(=O)c2cc(F)ccc2-c2ccccc2)cc1)c1ccco1. The maximum Gasteiger partial charge on any atom is 0.291 e. The fraction of sp³-hybridized carbons (Fsp3) is 0. The number of nitrogens with one attached hydrogen (secondary N) is 2. The third-order valence-electron chi connectivity index (χ3n) is 4.46. The standard InChI is InChI=1S/C24H17FN2O3/c25-17-8-13-20(16-5-2-1-3-6-16)21(15-17)23(28)26-18-9-11-19(12-10-18)27-24(29)22-7-4-14-30-22/h1-15H,(H,26,28)(H,27,29). The van der Waals surface area contributed by atoms with Crippen LogP contribution in [0.3, 0.4) is 0 Å². The van der Waals surface area contributed by atoms with E-state index in [0.717, 1.165) is 5.56 Å². The summed E-state index contributed by atoms with van der Waals surface area (Å²) in [6.07, 6.45) is 1.42. The van der Waals surface area contributed by atoms with Gasteiger partial charge in [-0.2, -0.15) is 0 Å². The molecule has 30 heavy (non-hydrogen) atoms. The number of rotatable bonds is 5. The number of benzene rings is 3. The Morgan fingerprint density at radius 2 is 1.40 bits per heavy atom. The van der Waals surface area contributed by atoms with Crippen LogP contribution < -0.4 is 10.6 Å². The molecule has 1 aromatic heterocycles. The fourth-order valence-corrected chi connectivity index (χ4v) is 3.01. The highest BCUT2D eigenvalue weighted by molar-refractivity contribution is 6.09. The highest BCUT2D eigenvalue weighted by atomic mass is 19.1. The van der Waals surface area contributed by atoms with Gasteiger partial charge in [0.1, 0.15) is 5.82 Å². The van der Waals surface area contributed by atoms with Gasteiger partial charge in [-0.25, -0.2) is 4.39 Å². The largest absolute Gasteiger partial charge is 0.459 e. The van der Waals surface area contributed by atoms with Crippen LogP contribution in [-0.2, 0) is 0 Å². The lowest BCUT2D eigenvalue weighted by molar-refractivity contribution is 0.0994. The molecular weight excluding hydrogens is 383 g/mol. The lowest BCUT2D eigenvalue weighted by atomic mass is 9.99. The second-order valence-corrected chi connectivity index (χ2v) is 6.52. The van der Waals surface area contributed by atoms with Gasteiger partial charge >= 0.3 is 0 Å². The summed E-state index contributed by atoms with van der Waals surface area (Å²) in [4.78, 5) is 24.8. The molecule has 0 atom stereocenters. The van der Waals surface area contributed by atoms with Crippen LogP contribution in [0.15, 0.2) is 95.6 Å². The predicted molar refractivity (Wildman–Crippen MR) is 113 cm³/mol. The van der Waals surface area contributed by atoms with Gasteiger partial charge in [0.25, 0.3) is 11.8 Å². The van der Waals surface area contributed by atoms with Crippen LogP contribution in [0, 0.1) is 5.82 Å². The summed E-state index contributed by atoms with van der Waals surface area (Å²) >= 11 is 0. The highest BCUT2D eigenvalue weighted by Crippen LogP contribution is 2.25. The van der Waals surface area contributed by atoms with Crippen LogP contribution >= 0.6 is 0 Å². The van der Waals surface area contributed by atoms with Crippen molar-refractivity contribution in [2.24, 2.45) is 0 Å². The van der Waals surface area contributed by atoms with Crippen molar-refractivity contribution >= 4 is 23.2 Å². The molecule has 0 saturated heterocycles. The minimum absolute atomic E-state index is 0.201. The molecule has 0 aliphatic heterocycles. The molecule has 0 spiro atoms. The molecular formula is C24H17FN2O3. The van der Waals surface area contributed by atoms with Crippen LogP contribution in [0.4, 0.5) is 15.8 Å². The maximum absolute atomic E-state index is 13.8. The van der Waals surface area contributed by atoms with Gasteiger partial charge in [-0.1, -0.05) is 36.4 Å². The van der Waals surface area contributed by atoms with Gasteiger partial charge in [0.15, 0.2) is 5.76 Å². The maximum atomic E-state index is 13.8. The van der Waals surface area contributed by atoms with Crippen LogP contribution in [0.5, 0.6) is 0 Å². The van der Waals surface area contributed by atoms with Crippen LogP contribution in [0.1, 0.15) is 20.9 Å². The molecule has 148 valence electrons. The number of carbonyl (C=O) groups excluding carboxylic acids is 2. The smallest absolute Gasteiger partial charge is 0.291 e. The quantitative estimate of drug-likeness (QED) is 0.459. The Labute approximate surface area is 172 Å². The van der Waals surface area contributed by atoms with E-state index in [2.05, 4.69) is 10.6 Å². The Bertz CT molecular complexity index is 1170. The third-order valence-corrected chi connectivity index (χ3v) is 4.46. The second kappa shape index (κ2) is 8.45. The Kier molecular flexibility index (Phi) is 5.39. The molecule has 6 heteroatoms. The van der Waals surface area contributed by atoms with Crippen molar-refractivity contribution in [1.29, 1.82) is 0 Å². The zero-order valence-corrected chi connectivity index (χ0v) is 15.8. The number of hydrogen-bond acceptors (Lipinski definition) is 3. The molecule has 5 nitrogen and oxygen atoms in total. The first kappa shape index (κ1) is 19.1. The summed E-state index contributed by atoms with van der Waals surface area (Å²) in [5, 5.41) is 5.47. The zero-order valence-electron chi connectivity index (χ0n) is 15.8. The first-order valence-electron chi connectivity index (χ1n) is 9.21. The van der Waals surface area contributed by atoms with E-state index in [9.17, 15) is 14.0 Å². The van der Waals surface area contributed by atoms with Crippen LogP contribution in [0.25, 0.3) is 11.1 Å². The minimum atomic E-state index is -0.490. The summed E-state index contributed by atoms with van der Waals surface area (Å²) in [7, 11) is 0. The summed E-state index contributed by atoms with van der Waals surface area (Å²) < 4.78 is 18.9. The Hall–Kier alpha value is -4.19. The fourth-order valence-electron chi connectivity index (χ4n) is 3.01. The minimum Gasteiger partial charge on any atom is -0.459 e. The van der Waals surface area contributed by atoms with E-state index in [-0.39, 0.29) is 17.2 Å². The topological polar surface area (TPSA) is 71.3 Å². The van der Waals surface area contributed by atoms with Gasteiger partial charge in [0.2, 0.25) is 0 Å². The molecule has 4 aromatic rings. The van der Waals surface area contributed by atoms with Crippen LogP contribution in [-0.4, -0.2) is 11.8 Å². The van der Waals surface area contributed by atoms with Crippen molar-refractivity contribution in [3.05, 3.63) is 108 Å². The first-order chi connectivity index (χ1) is 14.6. The van der Waals surface area contributed by atoms with E-state index in [4.69, 9.17) is 4.42 Å². The van der Waals surface area contributed by atoms with Gasteiger partial charge in [-0.05, 0) is 59.7 Å². The molecule has 0 unspecified atom stereocenters. The van der Waals surface area contributed by atoms with Crippen molar-refractivity contribution in [1.82, 2.24) is 0 Å². The van der Waals surface area contributed by atoms with E-state index in [1.54, 1.807) is 42.5 Å². The summed E-state index contributed by atoms with van der Waals surface area (Å²) in [5.41, 5.74) is 2.75. The molecule has 0 aliphatic rings. The third kappa shape index (κ3) is 4.28. The van der Waals surface area contributed by atoms with Crippen molar-refractivity contribution < 1.29 is 18.4 Å². The first-order valence-corrected chi connectivity index (χ1v) is 9.21. The average molecular weight is 400 g/mol. The molecule has 4 rings (SSSR count). The molecule has 0 aliphatic carbocycles. The molecule has 3 aromatic carbocycles. The Balaban J connectivity index is 1.51. The Morgan fingerprint density at radius 3 is 2.03 bits per heavy atom. The van der Waals surface area contributed by atoms with E-state index < -0.39 is 11.7 Å². The monoisotopic (exact) mass is 400 g/mol. The lowest BCUT2D eigenvalue weighted by Gasteiger charge is -2.11. The summed E-state index contributed by atoms with van der Waals surface area (Å²) in [6.45, 7) is 0. The number of furan rings is 1. The van der Waals surface area contributed by atoms with Crippen molar-refractivity contribution in [3.8, 4) is 11.1 Å². The number of amides is 2. The predicted octanol–water partition coefficient (Wildman–Crippen LogP) is 5.59. The van der Waals surface area contributed by atoms with E-state index in [1.807, 2.05) is 30.3 Å². The van der Waals surface area contributed by atoms with Crippen molar-refractivity contribution in [3.63, 3.8) is 0 Å². The van der Waals surface area contributed by atoms with Gasteiger partial charge < -0.3 is 15.1 Å². The molecule has 0 fully saturated rings. The summed E-state index contributed by atoms with van der Waals surface area (Å²) in [6, 6.07) is 23.2. The number of hydrogen-bond donors (Lipinski definition) is 2. The highest BCUT2D eigenvalue weighted by Gasteiger charge is 2.15. The summed E-state index contributed by atoms with van der Waals surface area (Å²) in [5.74, 6) is -1.09. The zero-order chi connectivity index (χ0) is 20.9. The second-order valence-electron chi connectivity index (χ2n) is 6.52. The molecule has 2 amide bonds.